The minimum atomic E-state index is -1.14. The smallest absolute Gasteiger partial charge is 0.0892 e. The highest BCUT2D eigenvalue weighted by molar-refractivity contribution is 7.85. The molecule has 5 heteroatoms. The van der Waals surface area contributed by atoms with Crippen molar-refractivity contribution < 1.29 is 8.95 Å². The highest BCUT2D eigenvalue weighted by atomic mass is 32.2. The van der Waals surface area contributed by atoms with E-state index in [-0.39, 0.29) is 0 Å². The van der Waals surface area contributed by atoms with Gasteiger partial charge in [-0.1, -0.05) is 18.2 Å². The van der Waals surface area contributed by atoms with Crippen molar-refractivity contribution in [3.05, 3.63) is 48.0 Å². The van der Waals surface area contributed by atoms with Crippen LogP contribution in [0.1, 0.15) is 18.4 Å². The number of hydrogen-bond acceptors (Lipinski definition) is 4. The van der Waals surface area contributed by atoms with E-state index in [9.17, 15) is 4.21 Å². The third kappa shape index (κ3) is 2.70. The molecule has 136 valence electrons. The molecule has 0 aromatic heterocycles. The molecular formula is C21H24N2O2S. The minimum absolute atomic E-state index is 0.349. The molecule has 0 saturated carbocycles. The summed E-state index contributed by atoms with van der Waals surface area (Å²) in [4.78, 5) is 6.42. The summed E-state index contributed by atoms with van der Waals surface area (Å²) < 4.78 is 19.3. The van der Waals surface area contributed by atoms with Crippen molar-refractivity contribution in [2.75, 3.05) is 31.6 Å². The van der Waals surface area contributed by atoms with Gasteiger partial charge in [0.25, 0.3) is 0 Å². The van der Waals surface area contributed by atoms with E-state index < -0.39 is 10.8 Å². The number of fused-ring (bicyclic) bond motifs is 5. The van der Waals surface area contributed by atoms with Gasteiger partial charge in [-0.15, -0.1) is 0 Å². The Balaban J connectivity index is 1.37. The summed E-state index contributed by atoms with van der Waals surface area (Å²) in [6.07, 6.45) is 2.88. The van der Waals surface area contributed by atoms with E-state index in [1.54, 1.807) is 0 Å². The maximum atomic E-state index is 13.1. The van der Waals surface area contributed by atoms with Gasteiger partial charge in [0.2, 0.25) is 0 Å². The van der Waals surface area contributed by atoms with Crippen molar-refractivity contribution >= 4 is 22.2 Å². The van der Waals surface area contributed by atoms with Gasteiger partial charge < -0.3 is 14.5 Å². The van der Waals surface area contributed by atoms with E-state index in [0.717, 1.165) is 33.3 Å². The first kappa shape index (κ1) is 16.5. The van der Waals surface area contributed by atoms with Crippen LogP contribution in [-0.4, -0.2) is 41.9 Å². The lowest BCUT2D eigenvalue weighted by Crippen LogP contribution is -2.51. The van der Waals surface area contributed by atoms with E-state index >= 15 is 0 Å². The largest absolute Gasteiger partial charge is 0.372 e. The van der Waals surface area contributed by atoms with E-state index in [1.807, 2.05) is 31.3 Å². The lowest BCUT2D eigenvalue weighted by Gasteiger charge is -2.44. The molecule has 4 heterocycles. The molecule has 2 aromatic rings. The van der Waals surface area contributed by atoms with Gasteiger partial charge in [-0.3, -0.25) is 0 Å². The van der Waals surface area contributed by atoms with Crippen molar-refractivity contribution in [1.29, 1.82) is 0 Å². The molecule has 0 N–H and O–H groups in total. The summed E-state index contributed by atoms with van der Waals surface area (Å²) in [6, 6.07) is 14.2. The molecule has 0 spiro atoms. The summed E-state index contributed by atoms with van der Waals surface area (Å²) in [7, 11) is 0.903. The highest BCUT2D eigenvalue weighted by Gasteiger charge is 2.34. The van der Waals surface area contributed by atoms with Crippen LogP contribution in [0.2, 0.25) is 0 Å². The number of ether oxygens (including phenoxy) is 1. The maximum Gasteiger partial charge on any atom is 0.0892 e. The number of para-hydroxylation sites is 1. The SMILES string of the molecule is CN1c2ccccc2S(=O)c2cc(CO[C@H]3CN4CCC3CC4)ccc21. The number of piperidine rings is 3. The Morgan fingerprint density at radius 3 is 2.62 bits per heavy atom. The van der Waals surface area contributed by atoms with Gasteiger partial charge in [0, 0.05) is 13.6 Å². The van der Waals surface area contributed by atoms with E-state index in [1.165, 1.54) is 25.9 Å². The topological polar surface area (TPSA) is 32.8 Å². The van der Waals surface area contributed by atoms with E-state index in [0.29, 0.717) is 18.6 Å². The normalized spacial score (nSPS) is 29.3. The zero-order valence-electron chi connectivity index (χ0n) is 15.1. The first-order valence-corrected chi connectivity index (χ1v) is 10.6. The summed E-state index contributed by atoms with van der Waals surface area (Å²) in [6.45, 7) is 4.13. The van der Waals surface area contributed by atoms with Crippen LogP contribution in [-0.2, 0) is 22.1 Å². The Kier molecular flexibility index (Phi) is 4.11. The van der Waals surface area contributed by atoms with Crippen LogP contribution in [0.15, 0.2) is 52.3 Å². The fourth-order valence-corrected chi connectivity index (χ4v) is 6.00. The first-order valence-electron chi connectivity index (χ1n) is 9.42. The van der Waals surface area contributed by atoms with Gasteiger partial charge in [0.15, 0.2) is 0 Å². The van der Waals surface area contributed by atoms with Gasteiger partial charge in [-0.2, -0.15) is 0 Å². The van der Waals surface area contributed by atoms with Crippen LogP contribution in [0.25, 0.3) is 0 Å². The first-order chi connectivity index (χ1) is 12.7. The predicted molar refractivity (Wildman–Crippen MR) is 103 cm³/mol. The third-order valence-electron chi connectivity index (χ3n) is 6.07. The van der Waals surface area contributed by atoms with Crippen molar-refractivity contribution in [2.24, 2.45) is 5.92 Å². The molecule has 4 nitrogen and oxygen atoms in total. The fraction of sp³-hybridized carbons (Fsp3) is 0.429. The van der Waals surface area contributed by atoms with Crippen molar-refractivity contribution in [1.82, 2.24) is 4.90 Å². The average molecular weight is 369 g/mol. The lowest BCUT2D eigenvalue weighted by atomic mass is 9.86. The van der Waals surface area contributed by atoms with Crippen LogP contribution in [0.5, 0.6) is 0 Å². The lowest BCUT2D eigenvalue weighted by molar-refractivity contribution is -0.0766. The molecular weight excluding hydrogens is 344 g/mol. The van der Waals surface area contributed by atoms with Crippen LogP contribution in [0.4, 0.5) is 11.4 Å². The third-order valence-corrected chi connectivity index (χ3v) is 7.54. The number of nitrogens with zero attached hydrogens (tertiary/aromatic N) is 2. The second-order valence-corrected chi connectivity index (χ2v) is 9.00. The second kappa shape index (κ2) is 6.48. The van der Waals surface area contributed by atoms with Crippen LogP contribution >= 0.6 is 0 Å². The number of benzene rings is 2. The quantitative estimate of drug-likeness (QED) is 0.830. The standard InChI is InChI=1S/C21H24N2O2S/c1-22-17-4-2-3-5-20(17)26(24)21-12-15(6-7-18(21)22)14-25-19-13-23-10-8-16(19)9-11-23/h2-7,12,16,19H,8-11,13-14H2,1H3/t19-,26?/m0/s1. The molecule has 0 aliphatic carbocycles. The summed E-state index contributed by atoms with van der Waals surface area (Å²) in [5.74, 6) is 0.713. The molecule has 26 heavy (non-hydrogen) atoms. The predicted octanol–water partition coefficient (Wildman–Crippen LogP) is 3.55. The van der Waals surface area contributed by atoms with Gasteiger partial charge in [0.05, 0.1) is 44.7 Å². The molecule has 6 rings (SSSR count). The molecule has 0 radical (unpaired) electrons. The molecule has 0 amide bonds. The fourth-order valence-electron chi connectivity index (χ4n) is 4.52. The van der Waals surface area contributed by atoms with Gasteiger partial charge in [0.1, 0.15) is 0 Å². The number of hydrogen-bond donors (Lipinski definition) is 0. The van der Waals surface area contributed by atoms with Crippen molar-refractivity contribution in [2.45, 2.75) is 35.3 Å². The Labute approximate surface area is 157 Å². The number of rotatable bonds is 3. The molecule has 4 aliphatic rings. The average Bonchev–Trinajstić information content (AvgIpc) is 2.71. The van der Waals surface area contributed by atoms with Gasteiger partial charge in [-0.05, 0) is 61.7 Å². The number of anilines is 2. The van der Waals surface area contributed by atoms with E-state index in [4.69, 9.17) is 4.74 Å². The molecule has 2 aromatic carbocycles. The van der Waals surface area contributed by atoms with Crippen LogP contribution < -0.4 is 4.90 Å². The van der Waals surface area contributed by atoms with Gasteiger partial charge in [-0.25, -0.2) is 4.21 Å². The van der Waals surface area contributed by atoms with Gasteiger partial charge >= 0.3 is 0 Å². The second-order valence-electron chi connectivity index (χ2n) is 7.59. The molecule has 3 saturated heterocycles. The molecule has 1 unspecified atom stereocenters. The molecule has 4 aliphatic heterocycles. The summed E-state index contributed by atoms with van der Waals surface area (Å²) >= 11 is 0. The Bertz CT molecular complexity index is 861. The maximum absolute atomic E-state index is 13.1. The Hall–Kier alpha value is -1.69. The Morgan fingerprint density at radius 1 is 1.08 bits per heavy atom. The zero-order chi connectivity index (χ0) is 17.7. The minimum Gasteiger partial charge on any atom is -0.372 e. The van der Waals surface area contributed by atoms with Crippen LogP contribution in [0, 0.1) is 5.92 Å². The molecule has 2 bridgehead atoms. The van der Waals surface area contributed by atoms with Crippen molar-refractivity contribution in [3.8, 4) is 0 Å². The monoisotopic (exact) mass is 368 g/mol. The molecule has 2 atom stereocenters. The highest BCUT2D eigenvalue weighted by Crippen LogP contribution is 2.41. The van der Waals surface area contributed by atoms with Crippen molar-refractivity contribution in [3.63, 3.8) is 0 Å². The summed E-state index contributed by atoms with van der Waals surface area (Å²) in [5, 5.41) is 0. The zero-order valence-corrected chi connectivity index (χ0v) is 15.9. The Morgan fingerprint density at radius 2 is 1.85 bits per heavy atom. The van der Waals surface area contributed by atoms with E-state index in [2.05, 4.69) is 28.0 Å². The van der Waals surface area contributed by atoms with Crippen LogP contribution in [0.3, 0.4) is 0 Å². The summed E-state index contributed by atoms with van der Waals surface area (Å²) in [5.41, 5.74) is 3.16. The molecule has 3 fully saturated rings.